The van der Waals surface area contributed by atoms with Gasteiger partial charge in [-0.25, -0.2) is 0 Å². The molecular formula is C8H9NO2. The van der Waals surface area contributed by atoms with Crippen molar-refractivity contribution in [1.82, 2.24) is 4.90 Å². The lowest BCUT2D eigenvalue weighted by atomic mass is 10.2. The Morgan fingerprint density at radius 3 is 3.00 bits per heavy atom. The molecule has 1 amide bonds. The molecule has 0 spiro atoms. The Morgan fingerprint density at radius 1 is 1.73 bits per heavy atom. The first kappa shape index (κ1) is 6.68. The Labute approximate surface area is 65.3 Å². The van der Waals surface area contributed by atoms with Crippen molar-refractivity contribution in [3.63, 3.8) is 0 Å². The molecule has 0 aromatic rings. The Balaban J connectivity index is 2.09. The van der Waals surface area contributed by atoms with Crippen LogP contribution in [0.5, 0.6) is 0 Å². The molecular weight excluding hydrogens is 142 g/mol. The van der Waals surface area contributed by atoms with E-state index in [1.54, 1.807) is 4.90 Å². The van der Waals surface area contributed by atoms with E-state index in [-0.39, 0.29) is 18.1 Å². The highest BCUT2D eigenvalue weighted by molar-refractivity contribution is 5.93. The molecule has 2 atom stereocenters. The molecule has 2 bridgehead atoms. The Kier molecular flexibility index (Phi) is 1.36. The lowest BCUT2D eigenvalue weighted by Crippen LogP contribution is -2.40. The molecule has 0 saturated carbocycles. The van der Waals surface area contributed by atoms with Crippen molar-refractivity contribution in [3.8, 4) is 12.3 Å². The van der Waals surface area contributed by atoms with Crippen LogP contribution in [0, 0.1) is 12.3 Å². The molecule has 0 aromatic carbocycles. The van der Waals surface area contributed by atoms with Crippen LogP contribution in [0.2, 0.25) is 0 Å². The summed E-state index contributed by atoms with van der Waals surface area (Å²) in [6.07, 6.45) is 6.21. The predicted octanol–water partition coefficient (Wildman–Crippen LogP) is -0.381. The van der Waals surface area contributed by atoms with Crippen LogP contribution in [0.25, 0.3) is 0 Å². The minimum atomic E-state index is -0.194. The maximum absolute atomic E-state index is 11.0. The van der Waals surface area contributed by atoms with Crippen LogP contribution < -0.4 is 0 Å². The quantitative estimate of drug-likeness (QED) is 0.442. The van der Waals surface area contributed by atoms with Crippen LogP contribution >= 0.6 is 0 Å². The normalized spacial score (nSPS) is 33.9. The van der Waals surface area contributed by atoms with Gasteiger partial charge in [-0.3, -0.25) is 4.79 Å². The topological polar surface area (TPSA) is 29.5 Å². The van der Waals surface area contributed by atoms with E-state index in [9.17, 15) is 4.79 Å². The fourth-order valence-corrected chi connectivity index (χ4v) is 1.73. The summed E-state index contributed by atoms with van der Waals surface area (Å²) < 4.78 is 5.31. The van der Waals surface area contributed by atoms with Crippen molar-refractivity contribution < 1.29 is 9.53 Å². The van der Waals surface area contributed by atoms with Gasteiger partial charge in [-0.05, 0) is 12.3 Å². The Hall–Kier alpha value is -1.01. The monoisotopic (exact) mass is 151 g/mol. The number of terminal acetylenes is 1. The van der Waals surface area contributed by atoms with Gasteiger partial charge < -0.3 is 9.64 Å². The summed E-state index contributed by atoms with van der Waals surface area (Å²) in [6.45, 7) is 1.35. The lowest BCUT2D eigenvalue weighted by Gasteiger charge is -2.24. The molecule has 3 heteroatoms. The lowest BCUT2D eigenvalue weighted by molar-refractivity contribution is -0.129. The number of nitrogens with zero attached hydrogens (tertiary/aromatic N) is 1. The van der Waals surface area contributed by atoms with E-state index < -0.39 is 0 Å². The molecule has 0 radical (unpaired) electrons. The van der Waals surface area contributed by atoms with E-state index in [1.807, 2.05) is 0 Å². The minimum Gasteiger partial charge on any atom is -0.374 e. The number of carbonyl (C=O) groups excluding carboxylic acids is 1. The molecule has 2 aliphatic rings. The Morgan fingerprint density at radius 2 is 2.55 bits per heavy atom. The molecule has 11 heavy (non-hydrogen) atoms. The zero-order valence-corrected chi connectivity index (χ0v) is 6.12. The van der Waals surface area contributed by atoms with Crippen molar-refractivity contribution in [2.24, 2.45) is 0 Å². The summed E-state index contributed by atoms with van der Waals surface area (Å²) in [5, 5.41) is 0. The van der Waals surface area contributed by atoms with Gasteiger partial charge in [-0.1, -0.05) is 0 Å². The molecule has 2 rings (SSSR count). The molecule has 2 heterocycles. The molecule has 58 valence electrons. The number of hydrogen-bond acceptors (Lipinski definition) is 2. The van der Waals surface area contributed by atoms with Crippen molar-refractivity contribution in [2.75, 3.05) is 13.2 Å². The van der Waals surface area contributed by atoms with Crippen LogP contribution in [0.1, 0.15) is 6.42 Å². The average molecular weight is 151 g/mol. The van der Waals surface area contributed by atoms with Gasteiger partial charge in [0.05, 0.1) is 18.8 Å². The maximum Gasteiger partial charge on any atom is 0.298 e. The van der Waals surface area contributed by atoms with E-state index in [0.29, 0.717) is 13.2 Å². The maximum atomic E-state index is 11.0. The molecule has 0 aliphatic carbocycles. The highest BCUT2D eigenvalue weighted by Crippen LogP contribution is 2.27. The van der Waals surface area contributed by atoms with Gasteiger partial charge in [0.2, 0.25) is 0 Å². The number of likely N-dealkylation sites (tertiary alicyclic amines) is 1. The van der Waals surface area contributed by atoms with E-state index in [4.69, 9.17) is 11.2 Å². The van der Waals surface area contributed by atoms with Crippen molar-refractivity contribution >= 4 is 5.91 Å². The van der Waals surface area contributed by atoms with E-state index >= 15 is 0 Å². The third kappa shape index (κ3) is 0.908. The average Bonchev–Trinajstić information content (AvgIpc) is 2.62. The number of amides is 1. The molecule has 2 saturated heterocycles. The second kappa shape index (κ2) is 2.24. The summed E-state index contributed by atoms with van der Waals surface area (Å²) in [5.41, 5.74) is 0. The third-order valence-electron chi connectivity index (χ3n) is 2.28. The first-order chi connectivity index (χ1) is 5.31. The zero-order chi connectivity index (χ0) is 7.84. The highest BCUT2D eigenvalue weighted by atomic mass is 16.5. The second-order valence-corrected chi connectivity index (χ2v) is 2.95. The summed E-state index contributed by atoms with van der Waals surface area (Å²) in [5.74, 6) is 1.93. The van der Waals surface area contributed by atoms with Gasteiger partial charge in [0, 0.05) is 6.54 Å². The van der Waals surface area contributed by atoms with Crippen molar-refractivity contribution in [3.05, 3.63) is 0 Å². The van der Waals surface area contributed by atoms with Gasteiger partial charge in [0.15, 0.2) is 0 Å². The van der Waals surface area contributed by atoms with Crippen molar-refractivity contribution in [1.29, 1.82) is 0 Å². The highest BCUT2D eigenvalue weighted by Gasteiger charge is 2.40. The van der Waals surface area contributed by atoms with Crippen LogP contribution in [0.15, 0.2) is 0 Å². The fourth-order valence-electron chi connectivity index (χ4n) is 1.73. The largest absolute Gasteiger partial charge is 0.374 e. The number of morpholine rings is 1. The smallest absolute Gasteiger partial charge is 0.298 e. The molecule has 2 unspecified atom stereocenters. The van der Waals surface area contributed by atoms with Gasteiger partial charge in [-0.2, -0.15) is 0 Å². The van der Waals surface area contributed by atoms with Crippen molar-refractivity contribution in [2.45, 2.75) is 18.6 Å². The van der Waals surface area contributed by atoms with Gasteiger partial charge in [-0.15, -0.1) is 6.42 Å². The van der Waals surface area contributed by atoms with E-state index in [1.165, 1.54) is 0 Å². The number of carbonyl (C=O) groups is 1. The summed E-state index contributed by atoms with van der Waals surface area (Å²) in [6, 6.07) is 0.253. The van der Waals surface area contributed by atoms with Gasteiger partial charge in [0.25, 0.3) is 5.91 Å². The summed E-state index contributed by atoms with van der Waals surface area (Å²) in [7, 11) is 0. The standard InChI is InChI=1S/C8H9NO2/c1-2-8(10)9-4-7-3-6(9)5-11-7/h1,6-7H,3-5H2. The van der Waals surface area contributed by atoms with E-state index in [0.717, 1.165) is 6.42 Å². The second-order valence-electron chi connectivity index (χ2n) is 2.95. The fraction of sp³-hybridized carbons (Fsp3) is 0.625. The van der Waals surface area contributed by atoms with Crippen LogP contribution in [0.4, 0.5) is 0 Å². The number of ether oxygens (including phenoxy) is 1. The first-order valence-electron chi connectivity index (χ1n) is 3.70. The molecule has 0 N–H and O–H groups in total. The number of hydrogen-bond donors (Lipinski definition) is 0. The molecule has 0 aromatic heterocycles. The van der Waals surface area contributed by atoms with E-state index in [2.05, 4.69) is 5.92 Å². The first-order valence-corrected chi connectivity index (χ1v) is 3.70. The number of fused-ring (bicyclic) bond motifs is 2. The van der Waals surface area contributed by atoms with Crippen LogP contribution in [-0.4, -0.2) is 36.1 Å². The molecule has 2 aliphatic heterocycles. The third-order valence-corrected chi connectivity index (χ3v) is 2.28. The number of rotatable bonds is 0. The zero-order valence-electron chi connectivity index (χ0n) is 6.12. The minimum absolute atomic E-state index is 0.194. The molecule has 3 nitrogen and oxygen atoms in total. The Bertz CT molecular complexity index is 231. The summed E-state index contributed by atoms with van der Waals surface area (Å²) in [4.78, 5) is 12.8. The SMILES string of the molecule is C#CC(=O)N1CC2CC1CO2. The summed E-state index contributed by atoms with van der Waals surface area (Å²) >= 11 is 0. The van der Waals surface area contributed by atoms with Crippen LogP contribution in [0.3, 0.4) is 0 Å². The van der Waals surface area contributed by atoms with Gasteiger partial charge in [0.1, 0.15) is 0 Å². The van der Waals surface area contributed by atoms with Crippen LogP contribution in [-0.2, 0) is 9.53 Å². The van der Waals surface area contributed by atoms with Gasteiger partial charge >= 0.3 is 0 Å². The predicted molar refractivity (Wildman–Crippen MR) is 38.7 cm³/mol. The molecule has 2 fully saturated rings.